The highest BCUT2D eigenvalue weighted by molar-refractivity contribution is 7.91. The molecule has 2 aliphatic carbocycles. The van der Waals surface area contributed by atoms with Gasteiger partial charge in [0, 0.05) is 12.1 Å². The Labute approximate surface area is 167 Å². The van der Waals surface area contributed by atoms with Crippen LogP contribution in [0.1, 0.15) is 48.1 Å². The van der Waals surface area contributed by atoms with Crippen LogP contribution in [-0.4, -0.2) is 26.6 Å². The van der Waals surface area contributed by atoms with E-state index in [4.69, 9.17) is 9.88 Å². The van der Waals surface area contributed by atoms with Crippen molar-refractivity contribution in [2.24, 2.45) is 9.50 Å². The minimum absolute atomic E-state index is 0.0807. The lowest BCUT2D eigenvalue weighted by atomic mass is 9.83. The summed E-state index contributed by atoms with van der Waals surface area (Å²) in [6.07, 6.45) is 5.71. The van der Waals surface area contributed by atoms with Crippen molar-refractivity contribution >= 4 is 21.6 Å². The van der Waals surface area contributed by atoms with E-state index in [1.807, 2.05) is 6.92 Å². The van der Waals surface area contributed by atoms with Gasteiger partial charge in [-0.05, 0) is 61.3 Å². The van der Waals surface area contributed by atoms with E-state index in [0.29, 0.717) is 55.0 Å². The van der Waals surface area contributed by atoms with Crippen LogP contribution in [-0.2, 0) is 35.6 Å². The van der Waals surface area contributed by atoms with Crippen LogP contribution in [0.4, 0.5) is 14.9 Å². The number of nitrogens with two attached hydrogens (primary N) is 1. The highest BCUT2D eigenvalue weighted by Crippen LogP contribution is 2.42. The molecule has 2 aromatic rings. The normalized spacial score (nSPS) is 21.1. The van der Waals surface area contributed by atoms with E-state index in [-0.39, 0.29) is 16.8 Å². The number of carbonyl (C=O) groups is 1. The third-order valence-electron chi connectivity index (χ3n) is 6.02. The Hall–Kier alpha value is -2.46. The third-order valence-corrected chi connectivity index (χ3v) is 7.36. The van der Waals surface area contributed by atoms with Crippen molar-refractivity contribution in [3.8, 4) is 5.88 Å². The number of urea groups is 1. The van der Waals surface area contributed by atoms with Crippen molar-refractivity contribution in [2.45, 2.75) is 56.4 Å². The van der Waals surface area contributed by atoms with E-state index < -0.39 is 15.9 Å². The van der Waals surface area contributed by atoms with Gasteiger partial charge in [0.1, 0.15) is 10.7 Å². The molecule has 2 unspecified atom stereocenters. The molecule has 0 spiro atoms. The zero-order valence-electron chi connectivity index (χ0n) is 16.0. The first-order valence-electron chi connectivity index (χ1n) is 9.78. The lowest BCUT2D eigenvalue weighted by molar-refractivity contribution is 0.196. The Morgan fingerprint density at radius 3 is 2.76 bits per heavy atom. The smallest absolute Gasteiger partial charge is 0.354 e. The highest BCUT2D eigenvalue weighted by atomic mass is 32.2. The van der Waals surface area contributed by atoms with Crippen LogP contribution >= 0.6 is 0 Å². The number of halogens is 1. The fourth-order valence-corrected chi connectivity index (χ4v) is 5.40. The second-order valence-corrected chi connectivity index (χ2v) is 9.55. The molecule has 2 amide bonds. The monoisotopic (exact) mass is 419 g/mol. The second kappa shape index (κ2) is 6.53. The molecular weight excluding hydrogens is 397 g/mol. The molecule has 154 valence electrons. The number of anilines is 1. The summed E-state index contributed by atoms with van der Waals surface area (Å²) < 4.78 is 38.5. The van der Waals surface area contributed by atoms with Gasteiger partial charge in [-0.2, -0.15) is 5.10 Å². The zero-order valence-corrected chi connectivity index (χ0v) is 16.9. The summed E-state index contributed by atoms with van der Waals surface area (Å²) >= 11 is 0. The van der Waals surface area contributed by atoms with Crippen LogP contribution in [0.25, 0.3) is 0 Å². The van der Waals surface area contributed by atoms with Crippen LogP contribution in [0.15, 0.2) is 15.5 Å². The van der Waals surface area contributed by atoms with Gasteiger partial charge in [-0.3, -0.25) is 0 Å². The quantitative estimate of drug-likeness (QED) is 0.779. The Morgan fingerprint density at radius 1 is 1.31 bits per heavy atom. The number of benzene rings is 1. The number of fused-ring (bicyclic) bond motifs is 3. The zero-order chi connectivity index (χ0) is 20.3. The number of carbonyl (C=O) groups excluding carboxylic acids is 1. The second-order valence-electron chi connectivity index (χ2n) is 7.79. The molecular formula is C19H22FN5O3S. The molecule has 5 rings (SSSR count). The average molecular weight is 419 g/mol. The lowest BCUT2D eigenvalue weighted by Crippen LogP contribution is -2.23. The van der Waals surface area contributed by atoms with E-state index in [1.54, 1.807) is 4.68 Å². The Morgan fingerprint density at radius 2 is 2.00 bits per heavy atom. The summed E-state index contributed by atoms with van der Waals surface area (Å²) in [6.45, 7) is 2.42. The molecule has 1 aromatic carbocycles. The summed E-state index contributed by atoms with van der Waals surface area (Å²) in [6, 6.07) is -0.728. The van der Waals surface area contributed by atoms with Gasteiger partial charge < -0.3 is 10.1 Å². The first-order valence-corrected chi connectivity index (χ1v) is 11.4. The van der Waals surface area contributed by atoms with E-state index in [2.05, 4.69) is 14.8 Å². The maximum Gasteiger partial charge on any atom is 0.354 e. The largest absolute Gasteiger partial charge is 0.477 e. The maximum atomic E-state index is 14.6. The minimum Gasteiger partial charge on any atom is -0.477 e. The van der Waals surface area contributed by atoms with Crippen molar-refractivity contribution in [3.05, 3.63) is 34.3 Å². The van der Waals surface area contributed by atoms with Crippen LogP contribution in [0.5, 0.6) is 5.88 Å². The molecule has 10 heteroatoms. The standard InChI is InChI=1S/C19H22FN5O3S/c1-10-7-8-28-18-15(9-22-25(10)18)29(21,27)24-19(26)23-17-13-4-2-3-11(13)16(20)12-5-6-14(12)17/h9-10H,2-8H2,1H3,(H3,21,23,24,26,27). The predicted octanol–water partition coefficient (Wildman–Crippen LogP) is 2.89. The average Bonchev–Trinajstić information content (AvgIpc) is 3.27. The van der Waals surface area contributed by atoms with Gasteiger partial charge >= 0.3 is 6.03 Å². The molecule has 1 aliphatic heterocycles. The van der Waals surface area contributed by atoms with Gasteiger partial charge in [-0.15, -0.1) is 4.36 Å². The topological polar surface area (TPSA) is 112 Å². The van der Waals surface area contributed by atoms with Gasteiger partial charge in [0.2, 0.25) is 5.88 Å². The summed E-state index contributed by atoms with van der Waals surface area (Å²) in [4.78, 5) is 12.7. The molecule has 0 saturated carbocycles. The van der Waals surface area contributed by atoms with Gasteiger partial charge in [0.15, 0.2) is 9.92 Å². The van der Waals surface area contributed by atoms with Crippen LogP contribution in [0, 0.1) is 5.82 Å². The summed E-state index contributed by atoms with van der Waals surface area (Å²) in [5, 5.41) is 12.9. The number of hydrogen-bond acceptors (Lipinski definition) is 4. The van der Waals surface area contributed by atoms with E-state index in [0.717, 1.165) is 24.0 Å². The van der Waals surface area contributed by atoms with Crippen LogP contribution in [0.2, 0.25) is 0 Å². The minimum atomic E-state index is -3.55. The molecule has 0 radical (unpaired) electrons. The van der Waals surface area contributed by atoms with Crippen LogP contribution < -0.4 is 15.2 Å². The highest BCUT2D eigenvalue weighted by Gasteiger charge is 2.32. The van der Waals surface area contributed by atoms with Crippen molar-refractivity contribution in [3.63, 3.8) is 0 Å². The molecule has 3 aliphatic rings. The Bertz CT molecular complexity index is 1170. The number of nitrogens with zero attached hydrogens (tertiary/aromatic N) is 3. The fraction of sp³-hybridized carbons (Fsp3) is 0.474. The molecule has 0 bridgehead atoms. The van der Waals surface area contributed by atoms with E-state index in [9.17, 15) is 13.4 Å². The molecule has 29 heavy (non-hydrogen) atoms. The Balaban J connectivity index is 1.49. The number of hydrogen-bond donors (Lipinski definition) is 2. The first kappa shape index (κ1) is 18.6. The summed E-state index contributed by atoms with van der Waals surface area (Å²) in [5.74, 6) is 0.161. The molecule has 8 nitrogen and oxygen atoms in total. The summed E-state index contributed by atoms with van der Waals surface area (Å²) in [5.41, 5.74) is 3.61. The number of aromatic nitrogens is 2. The third kappa shape index (κ3) is 2.84. The number of amides is 2. The number of rotatable bonds is 2. The number of ether oxygens (including phenoxy) is 1. The molecule has 3 N–H and O–H groups in total. The van der Waals surface area contributed by atoms with Gasteiger partial charge in [-0.1, -0.05) is 0 Å². The molecule has 2 atom stereocenters. The van der Waals surface area contributed by atoms with E-state index >= 15 is 0 Å². The van der Waals surface area contributed by atoms with Gasteiger partial charge in [-0.25, -0.2) is 23.2 Å². The van der Waals surface area contributed by atoms with Gasteiger partial charge in [0.25, 0.3) is 0 Å². The number of nitrogens with one attached hydrogen (secondary N) is 1. The molecule has 0 saturated heterocycles. The molecule has 2 heterocycles. The predicted molar refractivity (Wildman–Crippen MR) is 105 cm³/mol. The fourth-order valence-electron chi connectivity index (χ4n) is 4.41. The van der Waals surface area contributed by atoms with Gasteiger partial charge in [0.05, 0.1) is 18.8 Å². The van der Waals surface area contributed by atoms with Crippen molar-refractivity contribution < 1.29 is 18.1 Å². The lowest BCUT2D eigenvalue weighted by Gasteiger charge is -2.26. The molecule has 1 aromatic heterocycles. The van der Waals surface area contributed by atoms with Crippen molar-refractivity contribution in [2.75, 3.05) is 11.9 Å². The van der Waals surface area contributed by atoms with Crippen molar-refractivity contribution in [1.82, 2.24) is 9.78 Å². The van der Waals surface area contributed by atoms with E-state index in [1.165, 1.54) is 6.20 Å². The first-order chi connectivity index (χ1) is 13.9. The van der Waals surface area contributed by atoms with Crippen LogP contribution in [0.3, 0.4) is 0 Å². The SMILES string of the molecule is CC1CCOc2c(S(N)(=O)=NC(=O)Nc3c4c(c(F)c5c3CC5)CCC4)cnn21. The maximum absolute atomic E-state index is 14.6. The van der Waals surface area contributed by atoms with Crippen molar-refractivity contribution in [1.29, 1.82) is 0 Å². The molecule has 0 fully saturated rings. The summed E-state index contributed by atoms with van der Waals surface area (Å²) in [7, 11) is -3.55. The Kier molecular flexibility index (Phi) is 4.18.